The number of fused-ring (bicyclic) bond motifs is 2. The Bertz CT molecular complexity index is 1020. The number of hydrogen-bond acceptors (Lipinski definition) is 2. The van der Waals surface area contributed by atoms with E-state index in [9.17, 15) is 9.59 Å². The van der Waals surface area contributed by atoms with Crippen molar-refractivity contribution in [3.8, 4) is 0 Å². The number of hydrogen-bond donors (Lipinski definition) is 2. The molecule has 0 radical (unpaired) electrons. The first kappa shape index (κ1) is 17.3. The van der Waals surface area contributed by atoms with Crippen LogP contribution in [0.15, 0.2) is 48.5 Å². The molecule has 0 fully saturated rings. The van der Waals surface area contributed by atoms with Crippen LogP contribution in [-0.2, 0) is 4.79 Å². The lowest BCUT2D eigenvalue weighted by Crippen LogP contribution is -2.39. The van der Waals surface area contributed by atoms with Crippen molar-refractivity contribution in [2.45, 2.75) is 26.3 Å². The fourth-order valence-corrected chi connectivity index (χ4v) is 3.97. The van der Waals surface area contributed by atoms with E-state index in [1.54, 1.807) is 4.90 Å². The average Bonchev–Trinajstić information content (AvgIpc) is 3.14. The molecule has 1 atom stereocenters. The molecule has 2 aromatic carbocycles. The minimum atomic E-state index is -0.266. The summed E-state index contributed by atoms with van der Waals surface area (Å²) in [5.74, 6) is -0.215. The van der Waals surface area contributed by atoms with E-state index in [1.165, 1.54) is 0 Å². The average molecular weight is 361 g/mol. The van der Waals surface area contributed by atoms with Crippen LogP contribution in [0.3, 0.4) is 0 Å². The van der Waals surface area contributed by atoms with Gasteiger partial charge in [-0.25, -0.2) is 0 Å². The fourth-order valence-electron chi connectivity index (χ4n) is 3.97. The van der Waals surface area contributed by atoms with Crippen molar-refractivity contribution in [2.24, 2.45) is 0 Å². The van der Waals surface area contributed by atoms with E-state index in [0.29, 0.717) is 12.1 Å². The van der Waals surface area contributed by atoms with E-state index in [2.05, 4.69) is 16.4 Å². The molecule has 2 heterocycles. The summed E-state index contributed by atoms with van der Waals surface area (Å²) < 4.78 is 0. The molecule has 27 heavy (non-hydrogen) atoms. The lowest BCUT2D eigenvalue weighted by atomic mass is 9.95. The van der Waals surface area contributed by atoms with E-state index in [1.807, 2.05) is 56.3 Å². The zero-order valence-electron chi connectivity index (χ0n) is 15.6. The molecular formula is C22H23N3O2. The number of rotatable bonds is 5. The summed E-state index contributed by atoms with van der Waals surface area (Å²) in [6, 6.07) is 15.5. The molecule has 1 aliphatic heterocycles. The molecule has 0 aliphatic carbocycles. The Morgan fingerprint density at radius 3 is 2.70 bits per heavy atom. The molecule has 2 N–H and O–H groups in total. The monoisotopic (exact) mass is 361 g/mol. The van der Waals surface area contributed by atoms with Gasteiger partial charge in [0.1, 0.15) is 6.54 Å². The van der Waals surface area contributed by atoms with Crippen molar-refractivity contribution in [1.29, 1.82) is 0 Å². The molecule has 0 saturated carbocycles. The highest BCUT2D eigenvalue weighted by Gasteiger charge is 2.40. The minimum Gasteiger partial charge on any atom is -0.358 e. The normalized spacial score (nSPS) is 16.0. The van der Waals surface area contributed by atoms with Gasteiger partial charge in [-0.3, -0.25) is 9.59 Å². The van der Waals surface area contributed by atoms with Crippen LogP contribution in [0.4, 0.5) is 0 Å². The number of aromatic nitrogens is 1. The van der Waals surface area contributed by atoms with Crippen LogP contribution in [-0.4, -0.2) is 34.8 Å². The summed E-state index contributed by atoms with van der Waals surface area (Å²) in [4.78, 5) is 30.6. The molecule has 1 aromatic heterocycles. The third-order valence-corrected chi connectivity index (χ3v) is 5.16. The first-order chi connectivity index (χ1) is 13.1. The molecule has 4 rings (SSSR count). The smallest absolute Gasteiger partial charge is 0.255 e. The minimum absolute atomic E-state index is 0.0527. The maximum Gasteiger partial charge on any atom is 0.255 e. The zero-order chi connectivity index (χ0) is 19.0. The van der Waals surface area contributed by atoms with E-state index < -0.39 is 0 Å². The van der Waals surface area contributed by atoms with Crippen molar-refractivity contribution in [1.82, 2.24) is 15.2 Å². The van der Waals surface area contributed by atoms with Crippen LogP contribution in [0.1, 0.15) is 46.6 Å². The van der Waals surface area contributed by atoms with Gasteiger partial charge in [0, 0.05) is 34.3 Å². The number of nitrogens with one attached hydrogen (secondary N) is 2. The highest BCUT2D eigenvalue weighted by Crippen LogP contribution is 2.42. The van der Waals surface area contributed by atoms with Gasteiger partial charge in [0.15, 0.2) is 0 Å². The van der Waals surface area contributed by atoms with Crippen molar-refractivity contribution >= 4 is 22.7 Å². The van der Waals surface area contributed by atoms with Gasteiger partial charge in [-0.1, -0.05) is 43.3 Å². The number of carbonyl (C=O) groups excluding carboxylic acids is 2. The van der Waals surface area contributed by atoms with Crippen LogP contribution in [0.2, 0.25) is 0 Å². The van der Waals surface area contributed by atoms with Gasteiger partial charge in [-0.05, 0) is 31.0 Å². The Kier molecular flexibility index (Phi) is 4.44. The van der Waals surface area contributed by atoms with Crippen molar-refractivity contribution in [3.05, 3.63) is 70.9 Å². The van der Waals surface area contributed by atoms with E-state index in [-0.39, 0.29) is 24.4 Å². The maximum atomic E-state index is 13.1. The van der Waals surface area contributed by atoms with Gasteiger partial charge in [-0.15, -0.1) is 0 Å². The third kappa shape index (κ3) is 2.89. The second-order valence-electron chi connectivity index (χ2n) is 6.98. The van der Waals surface area contributed by atoms with Crippen LogP contribution >= 0.6 is 0 Å². The van der Waals surface area contributed by atoms with Crippen molar-refractivity contribution in [2.75, 3.05) is 13.1 Å². The third-order valence-electron chi connectivity index (χ3n) is 5.16. The summed E-state index contributed by atoms with van der Waals surface area (Å²) >= 11 is 0. The van der Waals surface area contributed by atoms with Crippen LogP contribution in [0, 0.1) is 6.92 Å². The van der Waals surface area contributed by atoms with Crippen molar-refractivity contribution < 1.29 is 9.59 Å². The van der Waals surface area contributed by atoms with Gasteiger partial charge in [0.25, 0.3) is 5.91 Å². The maximum absolute atomic E-state index is 13.1. The molecule has 2 amide bonds. The van der Waals surface area contributed by atoms with Gasteiger partial charge in [0.2, 0.25) is 5.91 Å². The first-order valence-electron chi connectivity index (χ1n) is 9.35. The number of nitrogens with zero attached hydrogens (tertiary/aromatic N) is 1. The van der Waals surface area contributed by atoms with E-state index >= 15 is 0 Å². The largest absolute Gasteiger partial charge is 0.358 e. The van der Waals surface area contributed by atoms with Crippen LogP contribution in [0.25, 0.3) is 10.9 Å². The SMILES string of the molecule is CCCNC(=O)CN1C(=O)c2ccccc2[C@H]1c1c(C)[nH]c2ccccc12. The molecule has 0 saturated heterocycles. The van der Waals surface area contributed by atoms with E-state index in [4.69, 9.17) is 0 Å². The predicted octanol–water partition coefficient (Wildman–Crippen LogP) is 3.55. The van der Waals surface area contributed by atoms with E-state index in [0.717, 1.165) is 34.1 Å². The molecule has 0 unspecified atom stereocenters. The Morgan fingerprint density at radius 1 is 1.15 bits per heavy atom. The molecule has 5 heteroatoms. The van der Waals surface area contributed by atoms with Gasteiger partial charge < -0.3 is 15.2 Å². The lowest BCUT2D eigenvalue weighted by molar-refractivity contribution is -0.122. The molecule has 1 aliphatic rings. The highest BCUT2D eigenvalue weighted by molar-refractivity contribution is 6.02. The fraction of sp³-hybridized carbons (Fsp3) is 0.273. The number of H-pyrrole nitrogens is 1. The summed E-state index contributed by atoms with van der Waals surface area (Å²) in [7, 11) is 0. The lowest BCUT2D eigenvalue weighted by Gasteiger charge is -2.25. The summed E-state index contributed by atoms with van der Waals surface area (Å²) in [6.45, 7) is 4.70. The number of benzene rings is 2. The van der Waals surface area contributed by atoms with Crippen LogP contribution in [0.5, 0.6) is 0 Å². The summed E-state index contributed by atoms with van der Waals surface area (Å²) in [5, 5.41) is 3.97. The Hall–Kier alpha value is -3.08. The Labute approximate surface area is 158 Å². The van der Waals surface area contributed by atoms with Gasteiger partial charge >= 0.3 is 0 Å². The number of aromatic amines is 1. The number of aryl methyl sites for hydroxylation is 1. The van der Waals surface area contributed by atoms with Gasteiger partial charge in [0.05, 0.1) is 6.04 Å². The molecule has 5 nitrogen and oxygen atoms in total. The number of carbonyl (C=O) groups is 2. The molecule has 3 aromatic rings. The second-order valence-corrected chi connectivity index (χ2v) is 6.98. The zero-order valence-corrected chi connectivity index (χ0v) is 15.6. The number of amides is 2. The standard InChI is InChI=1S/C22H23N3O2/c1-3-12-23-19(26)13-25-21(15-8-4-5-9-16(15)22(25)27)20-14(2)24-18-11-7-6-10-17(18)20/h4-11,21,24H,3,12-13H2,1-2H3,(H,23,26)/t21-/m0/s1. The summed E-state index contributed by atoms with van der Waals surface area (Å²) in [6.07, 6.45) is 0.866. The molecular weight excluding hydrogens is 338 g/mol. The quantitative estimate of drug-likeness (QED) is 0.730. The predicted molar refractivity (Wildman–Crippen MR) is 106 cm³/mol. The van der Waals surface area contributed by atoms with Gasteiger partial charge in [-0.2, -0.15) is 0 Å². The first-order valence-corrected chi connectivity index (χ1v) is 9.35. The Morgan fingerprint density at radius 2 is 1.89 bits per heavy atom. The van der Waals surface area contributed by atoms with Crippen molar-refractivity contribution in [3.63, 3.8) is 0 Å². The highest BCUT2D eigenvalue weighted by atomic mass is 16.2. The number of para-hydroxylation sites is 1. The Balaban J connectivity index is 1.82. The second kappa shape index (κ2) is 6.91. The molecule has 0 bridgehead atoms. The topological polar surface area (TPSA) is 65.2 Å². The molecule has 138 valence electrons. The summed E-state index contributed by atoms with van der Waals surface area (Å²) in [5.41, 5.74) is 4.75. The molecule has 0 spiro atoms. The van der Waals surface area contributed by atoms with Crippen LogP contribution < -0.4 is 5.32 Å².